The van der Waals surface area contributed by atoms with Crippen molar-refractivity contribution in [2.75, 3.05) is 63.6 Å². The van der Waals surface area contributed by atoms with Crippen LogP contribution >= 0.6 is 0 Å². The van der Waals surface area contributed by atoms with Crippen LogP contribution < -0.4 is 15.0 Å². The lowest BCUT2D eigenvalue weighted by Gasteiger charge is -2.33. The zero-order valence-electron chi connectivity index (χ0n) is 21.2. The summed E-state index contributed by atoms with van der Waals surface area (Å²) < 4.78 is 5.21. The highest BCUT2D eigenvalue weighted by Gasteiger charge is 2.28. The molecule has 5 rings (SSSR count). The minimum absolute atomic E-state index is 0.0588. The van der Waals surface area contributed by atoms with E-state index in [1.165, 1.54) is 0 Å². The molecule has 1 aromatic carbocycles. The summed E-state index contributed by atoms with van der Waals surface area (Å²) in [6.45, 7) is 7.29. The molecule has 0 bridgehead atoms. The van der Waals surface area contributed by atoms with Crippen LogP contribution in [0.3, 0.4) is 0 Å². The fourth-order valence-corrected chi connectivity index (χ4v) is 4.81. The summed E-state index contributed by atoms with van der Waals surface area (Å²) in [4.78, 5) is 29.4. The largest absolute Gasteiger partial charge is 0.497 e. The minimum atomic E-state index is 0.0588. The summed E-state index contributed by atoms with van der Waals surface area (Å²) in [5, 5.41) is 10.6. The van der Waals surface area contributed by atoms with Crippen molar-refractivity contribution < 1.29 is 9.53 Å². The zero-order chi connectivity index (χ0) is 25.1. The summed E-state index contributed by atoms with van der Waals surface area (Å²) in [7, 11) is 3.77. The normalized spacial score (nSPS) is 18.5. The van der Waals surface area contributed by atoms with Gasteiger partial charge in [-0.25, -0.2) is 9.97 Å². The van der Waals surface area contributed by atoms with Gasteiger partial charge >= 0.3 is 0 Å². The molecule has 2 N–H and O–H groups in total. The number of carbonyl (C=O) groups excluding carboxylic acids is 1. The Hall–Kier alpha value is -3.66. The van der Waals surface area contributed by atoms with Gasteiger partial charge in [0.25, 0.3) is 5.91 Å². The quantitative estimate of drug-likeness (QED) is 0.521. The lowest BCUT2D eigenvalue weighted by molar-refractivity contribution is 0.0787. The highest BCUT2D eigenvalue weighted by Crippen LogP contribution is 2.25. The Bertz CT molecular complexity index is 1190. The van der Waals surface area contributed by atoms with Crippen molar-refractivity contribution >= 4 is 23.4 Å². The van der Waals surface area contributed by atoms with Crippen LogP contribution in [0.25, 0.3) is 0 Å². The number of hydrogen-bond donors (Lipinski definition) is 2. The first kappa shape index (κ1) is 24.1. The van der Waals surface area contributed by atoms with Crippen molar-refractivity contribution in [2.24, 2.45) is 5.92 Å². The number of hydrogen-bond acceptors (Lipinski definition) is 8. The molecule has 0 radical (unpaired) electrons. The lowest BCUT2D eigenvalue weighted by Crippen LogP contribution is -2.45. The summed E-state index contributed by atoms with van der Waals surface area (Å²) in [6.07, 6.45) is 1.66. The van der Waals surface area contributed by atoms with Gasteiger partial charge < -0.3 is 24.8 Å². The van der Waals surface area contributed by atoms with E-state index in [9.17, 15) is 4.79 Å². The van der Waals surface area contributed by atoms with Gasteiger partial charge in [0.1, 0.15) is 23.2 Å². The van der Waals surface area contributed by atoms with E-state index in [2.05, 4.69) is 32.4 Å². The second kappa shape index (κ2) is 10.5. The molecule has 3 aromatic rings. The number of amides is 1. The van der Waals surface area contributed by atoms with Crippen LogP contribution in [-0.2, 0) is 6.42 Å². The number of ether oxygens (including phenoxy) is 1. The van der Waals surface area contributed by atoms with Crippen LogP contribution in [0.1, 0.15) is 28.3 Å². The smallest absolute Gasteiger partial charge is 0.253 e. The van der Waals surface area contributed by atoms with Crippen molar-refractivity contribution in [3.8, 4) is 5.75 Å². The van der Waals surface area contributed by atoms with Crippen molar-refractivity contribution in [3.63, 3.8) is 0 Å². The van der Waals surface area contributed by atoms with Crippen molar-refractivity contribution in [1.82, 2.24) is 30.0 Å². The molecule has 2 aromatic heterocycles. The fourth-order valence-electron chi connectivity index (χ4n) is 4.81. The van der Waals surface area contributed by atoms with Gasteiger partial charge in [0, 0.05) is 69.1 Å². The molecule has 4 heterocycles. The van der Waals surface area contributed by atoms with E-state index < -0.39 is 0 Å². The number of likely N-dealkylation sites (tertiary alicyclic amines) is 1. The van der Waals surface area contributed by atoms with Gasteiger partial charge in [-0.2, -0.15) is 5.10 Å². The van der Waals surface area contributed by atoms with E-state index in [0.717, 1.165) is 80.3 Å². The summed E-state index contributed by atoms with van der Waals surface area (Å²) in [6, 6.07) is 11.3. The van der Waals surface area contributed by atoms with E-state index in [0.29, 0.717) is 18.0 Å². The van der Waals surface area contributed by atoms with Gasteiger partial charge in [-0.05, 0) is 50.6 Å². The molecule has 0 aliphatic carbocycles. The molecule has 2 aliphatic rings. The number of nitrogens with zero attached hydrogens (tertiary/aromatic N) is 6. The van der Waals surface area contributed by atoms with Crippen LogP contribution in [0.2, 0.25) is 0 Å². The third-order valence-corrected chi connectivity index (χ3v) is 6.93. The van der Waals surface area contributed by atoms with E-state index >= 15 is 0 Å². The Morgan fingerprint density at radius 3 is 2.56 bits per heavy atom. The second-order valence-electron chi connectivity index (χ2n) is 9.72. The number of aromatic nitrogens is 4. The van der Waals surface area contributed by atoms with Crippen molar-refractivity contribution in [2.45, 2.75) is 19.8 Å². The maximum atomic E-state index is 13.0. The number of aromatic amines is 1. The first-order valence-corrected chi connectivity index (χ1v) is 12.5. The molecule has 2 saturated heterocycles. The van der Waals surface area contributed by atoms with E-state index in [1.54, 1.807) is 7.11 Å². The molecule has 190 valence electrons. The zero-order valence-corrected chi connectivity index (χ0v) is 21.2. The van der Waals surface area contributed by atoms with E-state index in [-0.39, 0.29) is 5.91 Å². The van der Waals surface area contributed by atoms with Crippen LogP contribution in [0.5, 0.6) is 5.75 Å². The van der Waals surface area contributed by atoms with Crippen LogP contribution in [0.4, 0.5) is 17.5 Å². The number of aryl methyl sites for hydroxylation is 1. The molecule has 0 spiro atoms. The molecule has 10 heteroatoms. The predicted molar refractivity (Wildman–Crippen MR) is 139 cm³/mol. The Labute approximate surface area is 211 Å². The number of anilines is 3. The summed E-state index contributed by atoms with van der Waals surface area (Å²) in [5.41, 5.74) is 1.67. The van der Waals surface area contributed by atoms with Crippen molar-refractivity contribution in [3.05, 3.63) is 53.5 Å². The van der Waals surface area contributed by atoms with Crippen LogP contribution in [-0.4, -0.2) is 89.3 Å². The SMILES string of the molecule is COc1ccc(C(=O)N2CCC(Cc3nc(Nc4cc(C)[nH]n4)cc(N4CCN(C)CC4)n3)C2)cc1. The predicted octanol–water partition coefficient (Wildman–Crippen LogP) is 2.72. The Morgan fingerprint density at radius 2 is 1.86 bits per heavy atom. The average Bonchev–Trinajstić information content (AvgIpc) is 3.52. The molecule has 2 aliphatic heterocycles. The molecule has 1 unspecified atom stereocenters. The van der Waals surface area contributed by atoms with Gasteiger partial charge in [0.2, 0.25) is 0 Å². The molecule has 1 atom stereocenters. The third kappa shape index (κ3) is 5.59. The minimum Gasteiger partial charge on any atom is -0.497 e. The first-order chi connectivity index (χ1) is 17.5. The van der Waals surface area contributed by atoms with Gasteiger partial charge in [0.15, 0.2) is 5.82 Å². The van der Waals surface area contributed by atoms with Crippen LogP contribution in [0.15, 0.2) is 36.4 Å². The number of benzene rings is 1. The number of nitrogens with one attached hydrogen (secondary N) is 2. The van der Waals surface area contributed by atoms with E-state index in [1.807, 2.05) is 48.2 Å². The Balaban J connectivity index is 1.30. The monoisotopic (exact) mass is 490 g/mol. The maximum absolute atomic E-state index is 13.0. The maximum Gasteiger partial charge on any atom is 0.253 e. The highest BCUT2D eigenvalue weighted by atomic mass is 16.5. The number of rotatable bonds is 7. The third-order valence-electron chi connectivity index (χ3n) is 6.93. The molecular formula is C26H34N8O2. The molecule has 10 nitrogen and oxygen atoms in total. The van der Waals surface area contributed by atoms with E-state index in [4.69, 9.17) is 14.7 Å². The lowest BCUT2D eigenvalue weighted by atomic mass is 10.0. The number of H-pyrrole nitrogens is 1. The molecule has 36 heavy (non-hydrogen) atoms. The number of methoxy groups -OCH3 is 1. The van der Waals surface area contributed by atoms with Gasteiger partial charge in [0.05, 0.1) is 7.11 Å². The first-order valence-electron chi connectivity index (χ1n) is 12.5. The second-order valence-corrected chi connectivity index (χ2v) is 9.72. The molecule has 1 amide bonds. The number of piperazine rings is 1. The standard InChI is InChI=1S/C26H34N8O2/c1-18-14-24(31-30-18)28-23-16-25(33-12-10-32(2)11-13-33)29-22(27-23)15-19-8-9-34(17-19)26(35)20-4-6-21(36-3)7-5-20/h4-7,14,16,19H,8-13,15,17H2,1-3H3,(H2,27,28,29,30,31). The average molecular weight is 491 g/mol. The molecule has 2 fully saturated rings. The topological polar surface area (TPSA) is 103 Å². The van der Waals surface area contributed by atoms with Crippen molar-refractivity contribution in [1.29, 1.82) is 0 Å². The number of carbonyl (C=O) groups is 1. The fraction of sp³-hybridized carbons (Fsp3) is 0.462. The van der Waals surface area contributed by atoms with Gasteiger partial charge in [-0.3, -0.25) is 9.89 Å². The Morgan fingerprint density at radius 1 is 1.08 bits per heavy atom. The number of likely N-dealkylation sites (N-methyl/N-ethyl adjacent to an activating group) is 1. The highest BCUT2D eigenvalue weighted by molar-refractivity contribution is 5.94. The molecular weight excluding hydrogens is 456 g/mol. The van der Waals surface area contributed by atoms with Gasteiger partial charge in [-0.15, -0.1) is 0 Å². The Kier molecular flexibility index (Phi) is 7.04. The summed E-state index contributed by atoms with van der Waals surface area (Å²) in [5.74, 6) is 4.33. The molecule has 0 saturated carbocycles. The van der Waals surface area contributed by atoms with Crippen LogP contribution in [0, 0.1) is 12.8 Å². The van der Waals surface area contributed by atoms with Gasteiger partial charge in [-0.1, -0.05) is 0 Å². The summed E-state index contributed by atoms with van der Waals surface area (Å²) >= 11 is 0.